The Labute approximate surface area is 101 Å². The van der Waals surface area contributed by atoms with Crippen molar-refractivity contribution in [2.45, 2.75) is 83.3 Å². The minimum Gasteiger partial charge on any atom is -0.388 e. The summed E-state index contributed by atoms with van der Waals surface area (Å²) in [6.07, 6.45) is 8.52. The van der Waals surface area contributed by atoms with Gasteiger partial charge in [-0.2, -0.15) is 0 Å². The number of hydrogen-bond donors (Lipinski definition) is 2. The number of nitrogens with two attached hydrogens (primary N) is 1. The second kappa shape index (κ2) is 5.50. The zero-order chi connectivity index (χ0) is 12.2. The normalized spacial score (nSPS) is 35.4. The van der Waals surface area contributed by atoms with Crippen LogP contribution in [0, 0.1) is 5.92 Å². The minimum absolute atomic E-state index is 0.412. The van der Waals surface area contributed by atoms with Crippen LogP contribution in [-0.2, 0) is 0 Å². The maximum Gasteiger partial charge on any atom is 0.0823 e. The van der Waals surface area contributed by atoms with Crippen molar-refractivity contribution in [2.75, 3.05) is 0 Å². The highest BCUT2D eigenvalue weighted by molar-refractivity contribution is 5.01. The van der Waals surface area contributed by atoms with E-state index >= 15 is 0 Å². The first-order valence-electron chi connectivity index (χ1n) is 6.96. The molecule has 16 heavy (non-hydrogen) atoms. The van der Waals surface area contributed by atoms with Gasteiger partial charge in [-0.05, 0) is 38.5 Å². The molecule has 0 aromatic heterocycles. The first-order valence-corrected chi connectivity index (χ1v) is 6.96. The molecule has 0 radical (unpaired) electrons. The third-order valence-corrected chi connectivity index (χ3v) is 4.58. The SMILES string of the molecule is CCCC(C)(N)C1(O)CCCC(CC)CC1. The molecule has 0 amide bonds. The number of aliphatic hydroxyl groups is 1. The fourth-order valence-electron chi connectivity index (χ4n) is 3.13. The van der Waals surface area contributed by atoms with Crippen LogP contribution in [0.5, 0.6) is 0 Å². The van der Waals surface area contributed by atoms with Gasteiger partial charge in [-0.15, -0.1) is 0 Å². The molecule has 3 unspecified atom stereocenters. The Kier molecular flexibility index (Phi) is 4.81. The number of hydrogen-bond acceptors (Lipinski definition) is 2. The highest BCUT2D eigenvalue weighted by Crippen LogP contribution is 2.39. The summed E-state index contributed by atoms with van der Waals surface area (Å²) < 4.78 is 0. The molecule has 0 aromatic rings. The second-order valence-electron chi connectivity index (χ2n) is 5.90. The maximum atomic E-state index is 10.8. The second-order valence-corrected chi connectivity index (χ2v) is 5.90. The quantitative estimate of drug-likeness (QED) is 0.724. The molecule has 1 saturated carbocycles. The van der Waals surface area contributed by atoms with Gasteiger partial charge in [0.25, 0.3) is 0 Å². The van der Waals surface area contributed by atoms with E-state index in [1.807, 2.05) is 6.92 Å². The van der Waals surface area contributed by atoms with E-state index in [9.17, 15) is 5.11 Å². The monoisotopic (exact) mass is 227 g/mol. The van der Waals surface area contributed by atoms with Crippen LogP contribution < -0.4 is 5.73 Å². The van der Waals surface area contributed by atoms with Gasteiger partial charge < -0.3 is 10.8 Å². The minimum atomic E-state index is -0.632. The standard InChI is InChI=1S/C14H29NO/c1-4-9-13(3,15)14(16)10-6-7-12(5-2)8-11-14/h12,16H,4-11,15H2,1-3H3. The highest BCUT2D eigenvalue weighted by atomic mass is 16.3. The first kappa shape index (κ1) is 14.0. The molecule has 1 fully saturated rings. The van der Waals surface area contributed by atoms with E-state index in [1.165, 1.54) is 12.8 Å². The molecule has 1 rings (SSSR count). The van der Waals surface area contributed by atoms with E-state index in [-0.39, 0.29) is 0 Å². The van der Waals surface area contributed by atoms with E-state index in [0.29, 0.717) is 0 Å². The van der Waals surface area contributed by atoms with Gasteiger partial charge in [0.05, 0.1) is 5.60 Å². The molecule has 0 heterocycles. The molecule has 0 bridgehead atoms. The molecule has 3 N–H and O–H groups in total. The van der Waals surface area contributed by atoms with Crippen molar-refractivity contribution in [1.29, 1.82) is 0 Å². The molecule has 0 aliphatic heterocycles. The summed E-state index contributed by atoms with van der Waals surface area (Å²) in [7, 11) is 0. The van der Waals surface area contributed by atoms with E-state index < -0.39 is 11.1 Å². The molecule has 2 heteroatoms. The van der Waals surface area contributed by atoms with Gasteiger partial charge in [-0.25, -0.2) is 0 Å². The average Bonchev–Trinajstić information content (AvgIpc) is 2.41. The largest absolute Gasteiger partial charge is 0.388 e. The third kappa shape index (κ3) is 2.98. The van der Waals surface area contributed by atoms with Gasteiger partial charge >= 0.3 is 0 Å². The van der Waals surface area contributed by atoms with Crippen molar-refractivity contribution in [3.8, 4) is 0 Å². The summed E-state index contributed by atoms with van der Waals surface area (Å²) in [4.78, 5) is 0. The zero-order valence-corrected chi connectivity index (χ0v) is 11.3. The molecule has 0 saturated heterocycles. The third-order valence-electron chi connectivity index (χ3n) is 4.58. The predicted molar refractivity (Wildman–Crippen MR) is 69.3 cm³/mol. The predicted octanol–water partition coefficient (Wildman–Crippen LogP) is 3.23. The van der Waals surface area contributed by atoms with Crippen molar-refractivity contribution >= 4 is 0 Å². The topological polar surface area (TPSA) is 46.2 Å². The molecule has 0 spiro atoms. The van der Waals surface area contributed by atoms with Crippen LogP contribution in [0.3, 0.4) is 0 Å². The van der Waals surface area contributed by atoms with Gasteiger partial charge in [0.2, 0.25) is 0 Å². The van der Waals surface area contributed by atoms with Gasteiger partial charge in [-0.1, -0.05) is 39.5 Å². The number of rotatable bonds is 4. The average molecular weight is 227 g/mol. The summed E-state index contributed by atoms with van der Waals surface area (Å²) in [6.45, 7) is 6.42. The van der Waals surface area contributed by atoms with Crippen LogP contribution >= 0.6 is 0 Å². The first-order chi connectivity index (χ1) is 7.45. The smallest absolute Gasteiger partial charge is 0.0823 e. The lowest BCUT2D eigenvalue weighted by Gasteiger charge is -2.42. The van der Waals surface area contributed by atoms with Crippen molar-refractivity contribution in [3.05, 3.63) is 0 Å². The summed E-state index contributed by atoms with van der Waals surface area (Å²) in [5, 5.41) is 10.8. The van der Waals surface area contributed by atoms with Crippen molar-refractivity contribution in [3.63, 3.8) is 0 Å². The van der Waals surface area contributed by atoms with E-state index in [0.717, 1.165) is 44.4 Å². The van der Waals surface area contributed by atoms with Crippen molar-refractivity contribution in [1.82, 2.24) is 0 Å². The molecule has 1 aliphatic rings. The summed E-state index contributed by atoms with van der Waals surface area (Å²) in [6, 6.07) is 0. The molecule has 1 aliphatic carbocycles. The Hall–Kier alpha value is -0.0800. The van der Waals surface area contributed by atoms with Gasteiger partial charge in [0.15, 0.2) is 0 Å². The molecule has 96 valence electrons. The Morgan fingerprint density at radius 3 is 2.56 bits per heavy atom. The lowest BCUT2D eigenvalue weighted by molar-refractivity contribution is -0.0459. The maximum absolute atomic E-state index is 10.8. The molecule has 3 atom stereocenters. The van der Waals surface area contributed by atoms with Gasteiger partial charge in [0, 0.05) is 5.54 Å². The Bertz CT molecular complexity index is 215. The summed E-state index contributed by atoms with van der Waals surface area (Å²) in [5.74, 6) is 0.798. The van der Waals surface area contributed by atoms with Crippen LogP contribution in [0.15, 0.2) is 0 Å². The van der Waals surface area contributed by atoms with Crippen LogP contribution in [0.25, 0.3) is 0 Å². The lowest BCUT2D eigenvalue weighted by Crippen LogP contribution is -2.58. The van der Waals surface area contributed by atoms with Crippen LogP contribution in [0.2, 0.25) is 0 Å². The van der Waals surface area contributed by atoms with E-state index in [4.69, 9.17) is 5.73 Å². The van der Waals surface area contributed by atoms with Crippen LogP contribution in [0.4, 0.5) is 0 Å². The Morgan fingerprint density at radius 1 is 1.31 bits per heavy atom. The molecular formula is C14H29NO. The Balaban J connectivity index is 2.69. The molecule has 2 nitrogen and oxygen atoms in total. The highest BCUT2D eigenvalue weighted by Gasteiger charge is 2.43. The van der Waals surface area contributed by atoms with Crippen LogP contribution in [0.1, 0.15) is 72.1 Å². The molecular weight excluding hydrogens is 198 g/mol. The fourth-order valence-corrected chi connectivity index (χ4v) is 3.13. The van der Waals surface area contributed by atoms with Crippen LogP contribution in [-0.4, -0.2) is 16.2 Å². The van der Waals surface area contributed by atoms with Crippen molar-refractivity contribution in [2.24, 2.45) is 11.7 Å². The summed E-state index contributed by atoms with van der Waals surface area (Å²) in [5.41, 5.74) is 5.30. The van der Waals surface area contributed by atoms with E-state index in [2.05, 4.69) is 13.8 Å². The zero-order valence-electron chi connectivity index (χ0n) is 11.3. The molecule has 0 aromatic carbocycles. The van der Waals surface area contributed by atoms with E-state index in [1.54, 1.807) is 0 Å². The lowest BCUT2D eigenvalue weighted by atomic mass is 9.74. The Morgan fingerprint density at radius 2 is 2.00 bits per heavy atom. The van der Waals surface area contributed by atoms with Crippen molar-refractivity contribution < 1.29 is 5.11 Å². The summed E-state index contributed by atoms with van der Waals surface area (Å²) >= 11 is 0. The fraction of sp³-hybridized carbons (Fsp3) is 1.00. The van der Waals surface area contributed by atoms with Gasteiger partial charge in [-0.3, -0.25) is 0 Å². The van der Waals surface area contributed by atoms with Gasteiger partial charge in [0.1, 0.15) is 0 Å².